The number of nitrogens with one attached hydrogen (secondary N) is 1. The van der Waals surface area contributed by atoms with Crippen molar-refractivity contribution in [1.29, 1.82) is 0 Å². The lowest BCUT2D eigenvalue weighted by molar-refractivity contribution is 1.21. The van der Waals surface area contributed by atoms with Crippen LogP contribution in [0.2, 0.25) is 0 Å². The highest BCUT2D eigenvalue weighted by atomic mass is 15.0. The number of hydrogen-bond acceptors (Lipinski definition) is 3. The summed E-state index contributed by atoms with van der Waals surface area (Å²) in [6, 6.07) is 12.6. The van der Waals surface area contributed by atoms with Gasteiger partial charge >= 0.3 is 0 Å². The molecule has 0 aliphatic carbocycles. The third-order valence-electron chi connectivity index (χ3n) is 3.43. The van der Waals surface area contributed by atoms with Crippen LogP contribution >= 0.6 is 0 Å². The minimum absolute atomic E-state index is 0.852. The molecule has 1 N–H and O–H groups in total. The Labute approximate surface area is 118 Å². The molecule has 100 valence electrons. The van der Waals surface area contributed by atoms with Crippen LogP contribution in [0.1, 0.15) is 16.7 Å². The highest BCUT2D eigenvalue weighted by Crippen LogP contribution is 2.25. The summed E-state index contributed by atoms with van der Waals surface area (Å²) in [7, 11) is 0. The van der Waals surface area contributed by atoms with E-state index < -0.39 is 0 Å². The Bertz CT molecular complexity index is 778. The summed E-state index contributed by atoms with van der Waals surface area (Å²) in [4.78, 5) is 8.69. The number of hydrogen-bond donors (Lipinski definition) is 1. The number of anilines is 2. The predicted octanol–water partition coefficient (Wildman–Crippen LogP) is 4.30. The van der Waals surface area contributed by atoms with Gasteiger partial charge in [0.2, 0.25) is 0 Å². The zero-order valence-electron chi connectivity index (χ0n) is 11.9. The fourth-order valence-corrected chi connectivity index (χ4v) is 2.35. The van der Waals surface area contributed by atoms with Crippen LogP contribution < -0.4 is 5.32 Å². The van der Waals surface area contributed by atoms with Gasteiger partial charge in [0, 0.05) is 11.1 Å². The van der Waals surface area contributed by atoms with Crippen molar-refractivity contribution in [3.63, 3.8) is 0 Å². The van der Waals surface area contributed by atoms with Crippen molar-refractivity contribution in [1.82, 2.24) is 9.97 Å². The summed E-state index contributed by atoms with van der Waals surface area (Å²) in [6.07, 6.45) is 1.60. The zero-order valence-corrected chi connectivity index (χ0v) is 11.9. The number of rotatable bonds is 2. The number of benzene rings is 2. The minimum Gasteiger partial charge on any atom is -0.339 e. The molecule has 2 aromatic carbocycles. The molecule has 0 amide bonds. The van der Waals surface area contributed by atoms with Crippen LogP contribution in [-0.4, -0.2) is 9.97 Å². The van der Waals surface area contributed by atoms with E-state index in [1.807, 2.05) is 6.07 Å². The summed E-state index contributed by atoms with van der Waals surface area (Å²) in [5, 5.41) is 4.47. The summed E-state index contributed by atoms with van der Waals surface area (Å²) < 4.78 is 0. The lowest BCUT2D eigenvalue weighted by Gasteiger charge is -2.11. The second kappa shape index (κ2) is 4.93. The first kappa shape index (κ1) is 12.6. The van der Waals surface area contributed by atoms with E-state index >= 15 is 0 Å². The normalized spacial score (nSPS) is 10.8. The standard InChI is InChI=1S/C17H17N3/c1-11-4-6-15(13(3)8-11)20-17-14-9-12(2)5-7-16(14)18-10-19-17/h4-10H,1-3H3,(H,18,19,20). The molecule has 0 radical (unpaired) electrons. The Morgan fingerprint density at radius 3 is 2.40 bits per heavy atom. The average Bonchev–Trinajstić information content (AvgIpc) is 2.42. The van der Waals surface area contributed by atoms with Crippen LogP contribution in [0.4, 0.5) is 11.5 Å². The van der Waals surface area contributed by atoms with Crippen LogP contribution in [0.25, 0.3) is 10.9 Å². The highest BCUT2D eigenvalue weighted by Gasteiger charge is 2.06. The minimum atomic E-state index is 0.852. The number of aromatic nitrogens is 2. The molecule has 0 atom stereocenters. The molecule has 0 bridgehead atoms. The molecule has 0 aliphatic heterocycles. The molecule has 0 saturated carbocycles. The Morgan fingerprint density at radius 1 is 0.850 bits per heavy atom. The van der Waals surface area contributed by atoms with Crippen LogP contribution in [0.15, 0.2) is 42.7 Å². The summed E-state index contributed by atoms with van der Waals surface area (Å²) in [5.41, 5.74) is 5.71. The molecule has 3 heteroatoms. The third kappa shape index (κ3) is 2.35. The fourth-order valence-electron chi connectivity index (χ4n) is 2.35. The molecule has 0 aliphatic rings. The molecule has 0 unspecified atom stereocenters. The van der Waals surface area contributed by atoms with E-state index in [-0.39, 0.29) is 0 Å². The van der Waals surface area contributed by atoms with Gasteiger partial charge in [0.25, 0.3) is 0 Å². The van der Waals surface area contributed by atoms with E-state index in [0.717, 1.165) is 22.4 Å². The van der Waals surface area contributed by atoms with Crippen molar-refractivity contribution < 1.29 is 0 Å². The molecule has 1 aromatic heterocycles. The van der Waals surface area contributed by atoms with Gasteiger partial charge in [-0.05, 0) is 44.5 Å². The molecule has 20 heavy (non-hydrogen) atoms. The van der Waals surface area contributed by atoms with Gasteiger partial charge in [0.15, 0.2) is 0 Å². The van der Waals surface area contributed by atoms with Crippen molar-refractivity contribution in [2.45, 2.75) is 20.8 Å². The maximum atomic E-state index is 4.38. The summed E-state index contributed by atoms with van der Waals surface area (Å²) in [6.45, 7) is 6.28. The maximum Gasteiger partial charge on any atom is 0.141 e. The Kier molecular flexibility index (Phi) is 3.11. The van der Waals surface area contributed by atoms with E-state index in [2.05, 4.69) is 66.4 Å². The van der Waals surface area contributed by atoms with Crippen molar-refractivity contribution >= 4 is 22.4 Å². The quantitative estimate of drug-likeness (QED) is 0.749. The third-order valence-corrected chi connectivity index (χ3v) is 3.43. The average molecular weight is 263 g/mol. The largest absolute Gasteiger partial charge is 0.339 e. The van der Waals surface area contributed by atoms with E-state index in [0.29, 0.717) is 0 Å². The van der Waals surface area contributed by atoms with Gasteiger partial charge in [-0.3, -0.25) is 0 Å². The second-order valence-electron chi connectivity index (χ2n) is 5.19. The first-order chi connectivity index (χ1) is 9.63. The Morgan fingerprint density at radius 2 is 1.60 bits per heavy atom. The van der Waals surface area contributed by atoms with Gasteiger partial charge in [0.05, 0.1) is 5.52 Å². The Balaban J connectivity index is 2.08. The van der Waals surface area contributed by atoms with Crippen molar-refractivity contribution in [3.8, 4) is 0 Å². The number of nitrogens with zero attached hydrogens (tertiary/aromatic N) is 2. The number of fused-ring (bicyclic) bond motifs is 1. The fraction of sp³-hybridized carbons (Fsp3) is 0.176. The molecule has 0 spiro atoms. The van der Waals surface area contributed by atoms with Gasteiger partial charge in [-0.25, -0.2) is 9.97 Å². The molecule has 3 aromatic rings. The monoisotopic (exact) mass is 263 g/mol. The van der Waals surface area contributed by atoms with Crippen molar-refractivity contribution in [2.24, 2.45) is 0 Å². The first-order valence-electron chi connectivity index (χ1n) is 6.69. The van der Waals surface area contributed by atoms with Crippen molar-refractivity contribution in [2.75, 3.05) is 5.32 Å². The van der Waals surface area contributed by atoms with Crippen LogP contribution in [0, 0.1) is 20.8 Å². The number of aryl methyl sites for hydroxylation is 3. The van der Waals surface area contributed by atoms with Crippen molar-refractivity contribution in [3.05, 3.63) is 59.4 Å². The molecule has 0 saturated heterocycles. The second-order valence-corrected chi connectivity index (χ2v) is 5.19. The maximum absolute atomic E-state index is 4.38. The molecule has 3 rings (SSSR count). The van der Waals surface area contributed by atoms with Gasteiger partial charge in [0.1, 0.15) is 12.1 Å². The smallest absolute Gasteiger partial charge is 0.141 e. The Hall–Kier alpha value is -2.42. The molecule has 1 heterocycles. The molecule has 0 fully saturated rings. The molecular formula is C17H17N3. The van der Waals surface area contributed by atoms with Gasteiger partial charge in [-0.2, -0.15) is 0 Å². The van der Waals surface area contributed by atoms with Gasteiger partial charge in [-0.15, -0.1) is 0 Å². The van der Waals surface area contributed by atoms with Crippen LogP contribution in [0.5, 0.6) is 0 Å². The van der Waals surface area contributed by atoms with E-state index in [9.17, 15) is 0 Å². The van der Waals surface area contributed by atoms with Crippen LogP contribution in [-0.2, 0) is 0 Å². The molecule has 3 nitrogen and oxygen atoms in total. The lowest BCUT2D eigenvalue weighted by atomic mass is 10.1. The lowest BCUT2D eigenvalue weighted by Crippen LogP contribution is -1.98. The highest BCUT2D eigenvalue weighted by molar-refractivity contribution is 5.91. The summed E-state index contributed by atoms with van der Waals surface area (Å²) in [5.74, 6) is 0.852. The topological polar surface area (TPSA) is 37.8 Å². The predicted molar refractivity (Wildman–Crippen MR) is 83.5 cm³/mol. The SMILES string of the molecule is Cc1ccc(Nc2ncnc3ccc(C)cc23)c(C)c1. The zero-order chi connectivity index (χ0) is 14.1. The van der Waals surface area contributed by atoms with Gasteiger partial charge < -0.3 is 5.32 Å². The van der Waals surface area contributed by atoms with Gasteiger partial charge in [-0.1, -0.05) is 29.3 Å². The van der Waals surface area contributed by atoms with E-state index in [1.54, 1.807) is 6.33 Å². The summed E-state index contributed by atoms with van der Waals surface area (Å²) >= 11 is 0. The van der Waals surface area contributed by atoms with Crippen LogP contribution in [0.3, 0.4) is 0 Å². The van der Waals surface area contributed by atoms with E-state index in [4.69, 9.17) is 0 Å². The van der Waals surface area contributed by atoms with E-state index in [1.165, 1.54) is 16.7 Å². The molecular weight excluding hydrogens is 246 g/mol. The first-order valence-corrected chi connectivity index (χ1v) is 6.69.